The Bertz CT molecular complexity index is 867. The molecule has 0 unspecified atom stereocenters. The number of nitrogens with one attached hydrogen (secondary N) is 1. The van der Waals surface area contributed by atoms with Crippen LogP contribution in [0.4, 0.5) is 0 Å². The Labute approximate surface area is 140 Å². The van der Waals surface area contributed by atoms with Crippen molar-refractivity contribution in [1.82, 2.24) is 4.72 Å². The van der Waals surface area contributed by atoms with Crippen molar-refractivity contribution < 1.29 is 17.9 Å². The van der Waals surface area contributed by atoms with E-state index in [4.69, 9.17) is 10.00 Å². The maximum atomic E-state index is 11.8. The molecule has 2 rings (SSSR count). The SMILES string of the molecule is N#Cc1ccc(OCC(=O)NS(=O)(=O)C=Cc2ccccc2)cc1. The van der Waals surface area contributed by atoms with E-state index in [1.54, 1.807) is 24.3 Å². The van der Waals surface area contributed by atoms with Crippen molar-refractivity contribution in [2.75, 3.05) is 6.61 Å². The molecule has 0 heterocycles. The van der Waals surface area contributed by atoms with E-state index in [1.807, 2.05) is 16.9 Å². The first-order chi connectivity index (χ1) is 11.5. The Balaban J connectivity index is 1.88. The van der Waals surface area contributed by atoms with Gasteiger partial charge in [-0.2, -0.15) is 5.26 Å². The molecule has 6 nitrogen and oxygen atoms in total. The van der Waals surface area contributed by atoms with Gasteiger partial charge in [0, 0.05) is 0 Å². The Morgan fingerprint density at radius 3 is 2.42 bits per heavy atom. The first-order valence-corrected chi connectivity index (χ1v) is 8.45. The molecule has 0 aliphatic carbocycles. The van der Waals surface area contributed by atoms with Crippen LogP contribution in [0, 0.1) is 11.3 Å². The van der Waals surface area contributed by atoms with Crippen molar-refractivity contribution in [3.05, 3.63) is 71.1 Å². The first kappa shape index (κ1) is 17.2. The van der Waals surface area contributed by atoms with Crippen LogP contribution in [-0.2, 0) is 14.8 Å². The van der Waals surface area contributed by atoms with Crippen molar-refractivity contribution in [1.29, 1.82) is 5.26 Å². The lowest BCUT2D eigenvalue weighted by Gasteiger charge is -2.06. The van der Waals surface area contributed by atoms with Gasteiger partial charge in [-0.3, -0.25) is 4.79 Å². The number of carbonyl (C=O) groups is 1. The van der Waals surface area contributed by atoms with Crippen LogP contribution in [0.5, 0.6) is 5.75 Å². The molecule has 24 heavy (non-hydrogen) atoms. The molecule has 0 radical (unpaired) electrons. The van der Waals surface area contributed by atoms with E-state index < -0.39 is 22.5 Å². The molecule has 0 aromatic heterocycles. The lowest BCUT2D eigenvalue weighted by atomic mass is 10.2. The predicted octanol–water partition coefficient (Wildman–Crippen LogP) is 2.05. The Morgan fingerprint density at radius 2 is 1.79 bits per heavy atom. The van der Waals surface area contributed by atoms with Crippen molar-refractivity contribution in [2.45, 2.75) is 0 Å². The van der Waals surface area contributed by atoms with E-state index in [2.05, 4.69) is 0 Å². The fourth-order valence-corrected chi connectivity index (χ4v) is 2.51. The molecule has 0 aliphatic heterocycles. The van der Waals surface area contributed by atoms with Gasteiger partial charge < -0.3 is 4.74 Å². The molecule has 1 N–H and O–H groups in total. The molecule has 0 fully saturated rings. The van der Waals surface area contributed by atoms with Crippen molar-refractivity contribution in [3.63, 3.8) is 0 Å². The van der Waals surface area contributed by atoms with Crippen LogP contribution in [0.15, 0.2) is 60.0 Å². The van der Waals surface area contributed by atoms with Gasteiger partial charge in [-0.25, -0.2) is 13.1 Å². The number of benzene rings is 2. The van der Waals surface area contributed by atoms with E-state index >= 15 is 0 Å². The molecule has 0 atom stereocenters. The quantitative estimate of drug-likeness (QED) is 0.867. The number of carbonyl (C=O) groups excluding carboxylic acids is 1. The molecule has 0 saturated heterocycles. The van der Waals surface area contributed by atoms with Gasteiger partial charge in [-0.05, 0) is 35.9 Å². The van der Waals surface area contributed by atoms with Crippen molar-refractivity contribution >= 4 is 22.0 Å². The standard InChI is InChI=1S/C17H14N2O4S/c18-12-15-6-8-16(9-7-15)23-13-17(20)19-24(21,22)11-10-14-4-2-1-3-5-14/h1-11H,13H2,(H,19,20). The molecule has 7 heteroatoms. The van der Waals surface area contributed by atoms with E-state index in [0.29, 0.717) is 16.9 Å². The van der Waals surface area contributed by atoms with Crippen LogP contribution in [-0.4, -0.2) is 20.9 Å². The van der Waals surface area contributed by atoms with Crippen LogP contribution in [0.1, 0.15) is 11.1 Å². The van der Waals surface area contributed by atoms with E-state index in [1.165, 1.54) is 30.3 Å². The summed E-state index contributed by atoms with van der Waals surface area (Å²) in [5, 5.41) is 9.60. The number of nitriles is 1. The molecule has 2 aromatic rings. The van der Waals surface area contributed by atoms with Gasteiger partial charge in [0.15, 0.2) is 6.61 Å². The third-order valence-electron chi connectivity index (χ3n) is 2.85. The van der Waals surface area contributed by atoms with Crippen LogP contribution >= 0.6 is 0 Å². The molecule has 1 amide bonds. The smallest absolute Gasteiger partial charge is 0.271 e. The summed E-state index contributed by atoms with van der Waals surface area (Å²) < 4.78 is 30.7. The third kappa shape index (κ3) is 5.59. The molecule has 0 saturated carbocycles. The second-order valence-electron chi connectivity index (χ2n) is 4.71. The fraction of sp³-hybridized carbons (Fsp3) is 0.0588. The molecular weight excluding hydrogens is 328 g/mol. The highest BCUT2D eigenvalue weighted by molar-refractivity contribution is 7.93. The van der Waals surface area contributed by atoms with E-state index in [0.717, 1.165) is 5.41 Å². The minimum Gasteiger partial charge on any atom is -0.484 e. The topological polar surface area (TPSA) is 96.3 Å². The average molecular weight is 342 g/mol. The van der Waals surface area contributed by atoms with E-state index in [9.17, 15) is 13.2 Å². The van der Waals surface area contributed by atoms with Gasteiger partial charge in [0.25, 0.3) is 15.9 Å². The summed E-state index contributed by atoms with van der Waals surface area (Å²) in [5.41, 5.74) is 1.16. The summed E-state index contributed by atoms with van der Waals surface area (Å²) in [6.07, 6.45) is 1.39. The number of nitrogens with zero attached hydrogens (tertiary/aromatic N) is 1. The zero-order valence-corrected chi connectivity index (χ0v) is 13.4. The molecule has 0 spiro atoms. The zero-order chi connectivity index (χ0) is 17.4. The minimum atomic E-state index is -3.90. The first-order valence-electron chi connectivity index (χ1n) is 6.90. The average Bonchev–Trinajstić information content (AvgIpc) is 2.59. The maximum Gasteiger partial charge on any atom is 0.271 e. The van der Waals surface area contributed by atoms with Gasteiger partial charge in [-0.15, -0.1) is 0 Å². The van der Waals surface area contributed by atoms with E-state index in [-0.39, 0.29) is 0 Å². The minimum absolute atomic E-state index is 0.362. The Morgan fingerprint density at radius 1 is 1.12 bits per heavy atom. The summed E-state index contributed by atoms with van der Waals surface area (Å²) in [6.45, 7) is -0.454. The maximum absolute atomic E-state index is 11.8. The van der Waals surface area contributed by atoms with Crippen LogP contribution in [0.25, 0.3) is 6.08 Å². The van der Waals surface area contributed by atoms with Crippen LogP contribution in [0.3, 0.4) is 0 Å². The number of rotatable bonds is 6. The molecular formula is C17H14N2O4S. The number of ether oxygens (including phenoxy) is 1. The van der Waals surface area contributed by atoms with Crippen molar-refractivity contribution in [2.24, 2.45) is 0 Å². The third-order valence-corrected chi connectivity index (χ3v) is 3.86. The summed E-state index contributed by atoms with van der Waals surface area (Å²) in [6, 6.07) is 16.9. The molecule has 122 valence electrons. The van der Waals surface area contributed by atoms with Gasteiger partial charge in [0.2, 0.25) is 0 Å². The van der Waals surface area contributed by atoms with Crippen LogP contribution in [0.2, 0.25) is 0 Å². The highest BCUT2D eigenvalue weighted by Gasteiger charge is 2.11. The van der Waals surface area contributed by atoms with Crippen LogP contribution < -0.4 is 9.46 Å². The fourth-order valence-electron chi connectivity index (χ4n) is 1.73. The lowest BCUT2D eigenvalue weighted by Crippen LogP contribution is -2.33. The second kappa shape index (κ2) is 7.94. The number of sulfonamides is 1. The zero-order valence-electron chi connectivity index (χ0n) is 12.5. The summed E-state index contributed by atoms with van der Waals surface area (Å²) in [4.78, 5) is 11.7. The highest BCUT2D eigenvalue weighted by atomic mass is 32.2. The summed E-state index contributed by atoms with van der Waals surface area (Å²) in [7, 11) is -3.90. The molecule has 0 aliphatic rings. The Kier molecular flexibility index (Phi) is 5.71. The number of amides is 1. The predicted molar refractivity (Wildman–Crippen MR) is 89.2 cm³/mol. The van der Waals surface area contributed by atoms with Gasteiger partial charge in [-0.1, -0.05) is 30.3 Å². The lowest BCUT2D eigenvalue weighted by molar-refractivity contribution is -0.121. The highest BCUT2D eigenvalue weighted by Crippen LogP contribution is 2.11. The van der Waals surface area contributed by atoms with Gasteiger partial charge in [0.05, 0.1) is 17.0 Å². The number of hydrogen-bond donors (Lipinski definition) is 1. The number of hydrogen-bond acceptors (Lipinski definition) is 5. The summed E-state index contributed by atoms with van der Waals surface area (Å²) in [5.74, 6) is -0.432. The summed E-state index contributed by atoms with van der Waals surface area (Å²) >= 11 is 0. The second-order valence-corrected chi connectivity index (χ2v) is 6.27. The van der Waals surface area contributed by atoms with Gasteiger partial charge in [0.1, 0.15) is 5.75 Å². The van der Waals surface area contributed by atoms with Crippen molar-refractivity contribution in [3.8, 4) is 11.8 Å². The van der Waals surface area contributed by atoms with Gasteiger partial charge >= 0.3 is 0 Å². The monoisotopic (exact) mass is 342 g/mol. The molecule has 0 bridgehead atoms. The normalized spacial score (nSPS) is 11.0. The molecule has 2 aromatic carbocycles. The largest absolute Gasteiger partial charge is 0.484 e. The Hall–Kier alpha value is -3.11.